The van der Waals surface area contributed by atoms with Gasteiger partial charge < -0.3 is 19.4 Å². The van der Waals surface area contributed by atoms with Crippen molar-refractivity contribution >= 4 is 29.5 Å². The van der Waals surface area contributed by atoms with E-state index in [9.17, 15) is 4.79 Å². The van der Waals surface area contributed by atoms with Crippen molar-refractivity contribution in [1.82, 2.24) is 9.88 Å². The Morgan fingerprint density at radius 3 is 2.78 bits per heavy atom. The molecule has 0 unspecified atom stereocenters. The summed E-state index contributed by atoms with van der Waals surface area (Å²) >= 11 is 6.89. The van der Waals surface area contributed by atoms with Gasteiger partial charge in [0.15, 0.2) is 15.5 Å². The van der Waals surface area contributed by atoms with E-state index in [4.69, 9.17) is 21.7 Å². The predicted octanol–water partition coefficient (Wildman–Crippen LogP) is 4.30. The highest BCUT2D eigenvalue weighted by atomic mass is 32.1. The van der Waals surface area contributed by atoms with Crippen LogP contribution >= 0.6 is 23.6 Å². The predicted molar refractivity (Wildman–Crippen MR) is 108 cm³/mol. The number of aryl methyl sites for hydroxylation is 1. The smallest absolute Gasteiger partial charge is 0.240 e. The molecule has 1 amide bonds. The molecule has 0 bridgehead atoms. The van der Waals surface area contributed by atoms with Gasteiger partial charge in [0.05, 0.1) is 5.69 Å². The molecule has 0 radical (unpaired) electrons. The maximum atomic E-state index is 12.5. The fourth-order valence-electron chi connectivity index (χ4n) is 2.88. The zero-order valence-corrected chi connectivity index (χ0v) is 16.4. The van der Waals surface area contributed by atoms with Gasteiger partial charge in [-0.1, -0.05) is 35.9 Å². The zero-order valence-electron chi connectivity index (χ0n) is 14.7. The largest absolute Gasteiger partial charge is 0.454 e. The summed E-state index contributed by atoms with van der Waals surface area (Å²) in [5.74, 6) is 1.36. The van der Waals surface area contributed by atoms with Gasteiger partial charge >= 0.3 is 0 Å². The fourth-order valence-corrected chi connectivity index (χ4v) is 3.95. The maximum Gasteiger partial charge on any atom is 0.240 e. The first-order valence-corrected chi connectivity index (χ1v) is 9.79. The molecule has 5 nitrogen and oxygen atoms in total. The van der Waals surface area contributed by atoms with E-state index in [1.165, 1.54) is 16.9 Å². The number of carbonyl (C=O) groups is 1. The van der Waals surface area contributed by atoms with Gasteiger partial charge in [-0.25, -0.2) is 0 Å². The van der Waals surface area contributed by atoms with E-state index in [-0.39, 0.29) is 19.2 Å². The molecule has 0 atom stereocenters. The van der Waals surface area contributed by atoms with Crippen LogP contribution in [0.4, 0.5) is 0 Å². The van der Waals surface area contributed by atoms with Gasteiger partial charge in [-0.3, -0.25) is 4.79 Å². The number of nitrogens with zero attached hydrogens (tertiary/aromatic N) is 1. The van der Waals surface area contributed by atoms with Crippen molar-refractivity contribution in [3.63, 3.8) is 0 Å². The Morgan fingerprint density at radius 2 is 1.96 bits per heavy atom. The highest BCUT2D eigenvalue weighted by Gasteiger charge is 2.14. The number of nitrogens with one attached hydrogen (secondary N) is 1. The Balaban J connectivity index is 1.45. The van der Waals surface area contributed by atoms with E-state index in [0.717, 1.165) is 22.6 Å². The van der Waals surface area contributed by atoms with Crippen LogP contribution in [0.25, 0.3) is 11.3 Å². The summed E-state index contributed by atoms with van der Waals surface area (Å²) in [7, 11) is 0. The molecule has 0 aliphatic carbocycles. The number of hydrogen-bond donors (Lipinski definition) is 1. The molecule has 1 aliphatic heterocycles. The third-order valence-electron chi connectivity index (χ3n) is 4.36. The number of amides is 1. The molecule has 0 spiro atoms. The van der Waals surface area contributed by atoms with Crippen molar-refractivity contribution in [2.75, 3.05) is 6.79 Å². The Kier molecular flexibility index (Phi) is 4.96. The quantitative estimate of drug-likeness (QED) is 0.651. The first-order chi connectivity index (χ1) is 13.1. The summed E-state index contributed by atoms with van der Waals surface area (Å²) in [5.41, 5.74) is 4.17. The minimum Gasteiger partial charge on any atom is -0.454 e. The number of benzene rings is 2. The molecule has 27 heavy (non-hydrogen) atoms. The third kappa shape index (κ3) is 3.89. The Hall–Kier alpha value is -2.64. The standard InChI is InChI=1S/C20H18N2O3S2/c1-13-2-5-15(6-3-13)16-11-27-20(26)22(16)10-19(23)21-9-14-4-7-17-18(8-14)25-12-24-17/h2-8,11H,9-10,12H2,1H3,(H,21,23). The van der Waals surface area contributed by atoms with E-state index in [1.54, 1.807) is 0 Å². The van der Waals surface area contributed by atoms with Crippen LogP contribution in [0.15, 0.2) is 47.8 Å². The SMILES string of the molecule is Cc1ccc(-c2csc(=S)n2CC(=O)NCc2ccc3c(c2)OCO3)cc1. The minimum absolute atomic E-state index is 0.0875. The summed E-state index contributed by atoms with van der Waals surface area (Å²) in [5, 5.41) is 4.94. The third-order valence-corrected chi connectivity index (χ3v) is 5.63. The van der Waals surface area contributed by atoms with Crippen molar-refractivity contribution in [1.29, 1.82) is 0 Å². The monoisotopic (exact) mass is 398 g/mol. The van der Waals surface area contributed by atoms with Crippen LogP contribution in [-0.2, 0) is 17.9 Å². The van der Waals surface area contributed by atoms with Crippen LogP contribution in [-0.4, -0.2) is 17.3 Å². The van der Waals surface area contributed by atoms with Crippen molar-refractivity contribution in [3.05, 3.63) is 62.9 Å². The van der Waals surface area contributed by atoms with E-state index in [2.05, 4.69) is 17.4 Å². The topological polar surface area (TPSA) is 52.5 Å². The lowest BCUT2D eigenvalue weighted by Gasteiger charge is -2.10. The fraction of sp³-hybridized carbons (Fsp3) is 0.200. The summed E-state index contributed by atoms with van der Waals surface area (Å²) in [6.45, 7) is 2.90. The lowest BCUT2D eigenvalue weighted by Crippen LogP contribution is -2.27. The first kappa shape index (κ1) is 17.8. The Labute approximate surface area is 166 Å². The number of carbonyl (C=O) groups excluding carboxylic acids is 1. The number of thiazole rings is 1. The van der Waals surface area contributed by atoms with E-state index in [0.29, 0.717) is 16.2 Å². The van der Waals surface area contributed by atoms with Crippen molar-refractivity contribution < 1.29 is 14.3 Å². The van der Waals surface area contributed by atoms with Gasteiger partial charge in [0, 0.05) is 11.9 Å². The number of ether oxygens (including phenoxy) is 2. The van der Waals surface area contributed by atoms with Crippen LogP contribution in [0.3, 0.4) is 0 Å². The highest BCUT2D eigenvalue weighted by Crippen LogP contribution is 2.32. The first-order valence-electron chi connectivity index (χ1n) is 8.51. The number of aromatic nitrogens is 1. The normalized spacial score (nSPS) is 12.2. The van der Waals surface area contributed by atoms with Crippen molar-refractivity contribution in [2.45, 2.75) is 20.0 Å². The average molecular weight is 399 g/mol. The molecule has 2 heterocycles. The molecule has 138 valence electrons. The zero-order chi connectivity index (χ0) is 18.8. The maximum absolute atomic E-state index is 12.5. The van der Waals surface area contributed by atoms with Crippen LogP contribution in [0, 0.1) is 10.9 Å². The van der Waals surface area contributed by atoms with Crippen LogP contribution in [0.5, 0.6) is 11.5 Å². The summed E-state index contributed by atoms with van der Waals surface area (Å²) < 4.78 is 13.2. The summed E-state index contributed by atoms with van der Waals surface area (Å²) in [4.78, 5) is 12.5. The van der Waals surface area contributed by atoms with Gasteiger partial charge in [-0.05, 0) is 42.4 Å². The minimum atomic E-state index is -0.0875. The van der Waals surface area contributed by atoms with Gasteiger partial charge in [0.25, 0.3) is 0 Å². The number of hydrogen-bond acceptors (Lipinski definition) is 5. The molecule has 0 saturated heterocycles. The van der Waals surface area contributed by atoms with Crippen LogP contribution in [0.1, 0.15) is 11.1 Å². The molecular formula is C20H18N2O3S2. The molecule has 1 aliphatic rings. The van der Waals surface area contributed by atoms with Crippen molar-refractivity contribution in [2.24, 2.45) is 0 Å². The van der Waals surface area contributed by atoms with E-state index >= 15 is 0 Å². The van der Waals surface area contributed by atoms with Crippen molar-refractivity contribution in [3.8, 4) is 22.8 Å². The second-order valence-corrected chi connectivity index (χ2v) is 7.81. The Bertz CT molecular complexity index is 1040. The van der Waals surface area contributed by atoms with Crippen LogP contribution in [0.2, 0.25) is 0 Å². The van der Waals surface area contributed by atoms with E-state index < -0.39 is 0 Å². The second kappa shape index (κ2) is 7.54. The molecule has 1 N–H and O–H groups in total. The van der Waals surface area contributed by atoms with Gasteiger partial charge in [-0.15, -0.1) is 11.3 Å². The average Bonchev–Trinajstić information content (AvgIpc) is 3.27. The van der Waals surface area contributed by atoms with Gasteiger partial charge in [0.2, 0.25) is 12.7 Å². The second-order valence-electron chi connectivity index (χ2n) is 6.30. The van der Waals surface area contributed by atoms with Crippen LogP contribution < -0.4 is 14.8 Å². The molecule has 0 fully saturated rings. The number of rotatable bonds is 5. The molecule has 0 saturated carbocycles. The lowest BCUT2D eigenvalue weighted by molar-refractivity contribution is -0.121. The summed E-state index contributed by atoms with van der Waals surface area (Å²) in [6.07, 6.45) is 0. The molecular weight excluding hydrogens is 380 g/mol. The highest BCUT2D eigenvalue weighted by molar-refractivity contribution is 7.73. The van der Waals surface area contributed by atoms with Gasteiger partial charge in [-0.2, -0.15) is 0 Å². The Morgan fingerprint density at radius 1 is 1.19 bits per heavy atom. The molecule has 7 heteroatoms. The lowest BCUT2D eigenvalue weighted by atomic mass is 10.1. The molecule has 2 aromatic carbocycles. The molecule has 3 aromatic rings. The van der Waals surface area contributed by atoms with Gasteiger partial charge in [0.1, 0.15) is 6.54 Å². The number of fused-ring (bicyclic) bond motifs is 1. The summed E-state index contributed by atoms with van der Waals surface area (Å²) in [6, 6.07) is 13.9. The van der Waals surface area contributed by atoms with E-state index in [1.807, 2.05) is 47.2 Å². The molecule has 1 aromatic heterocycles. The molecule has 4 rings (SSSR count).